The van der Waals surface area contributed by atoms with E-state index < -0.39 is 0 Å². The predicted octanol–water partition coefficient (Wildman–Crippen LogP) is 3.13. The van der Waals surface area contributed by atoms with Crippen molar-refractivity contribution in [3.05, 3.63) is 28.2 Å². The first-order valence-corrected chi connectivity index (χ1v) is 7.19. The molecule has 3 nitrogen and oxygen atoms in total. The molecule has 0 saturated carbocycles. The minimum atomic E-state index is 0.602. The Hall–Kier alpha value is -0.870. The third-order valence-electron chi connectivity index (χ3n) is 3.17. The third kappa shape index (κ3) is 3.82. The Balaban J connectivity index is 1.77. The van der Waals surface area contributed by atoms with Crippen LogP contribution in [0.2, 0.25) is 0 Å². The quantitative estimate of drug-likeness (QED) is 0.597. The standard InChI is InChI=1S/C14H18BrNO2/c15-13-4-5-14(12(10-13)11-17)18-9-3-8-16-6-1-2-7-16/h4-5,10-11H,1-3,6-9H2. The highest BCUT2D eigenvalue weighted by atomic mass is 79.9. The number of likely N-dealkylation sites (tertiary alicyclic amines) is 1. The Morgan fingerprint density at radius 3 is 2.83 bits per heavy atom. The highest BCUT2D eigenvalue weighted by Crippen LogP contribution is 2.21. The van der Waals surface area contributed by atoms with E-state index in [2.05, 4.69) is 20.8 Å². The summed E-state index contributed by atoms with van der Waals surface area (Å²) in [4.78, 5) is 13.4. The number of rotatable bonds is 6. The molecule has 1 aromatic rings. The van der Waals surface area contributed by atoms with Crippen molar-refractivity contribution < 1.29 is 9.53 Å². The highest BCUT2D eigenvalue weighted by molar-refractivity contribution is 9.10. The summed E-state index contributed by atoms with van der Waals surface area (Å²) in [5.41, 5.74) is 0.602. The summed E-state index contributed by atoms with van der Waals surface area (Å²) in [6.07, 6.45) is 4.49. The Kier molecular flexibility index (Phi) is 5.20. The van der Waals surface area contributed by atoms with E-state index in [0.717, 1.165) is 23.7 Å². The number of ether oxygens (including phenoxy) is 1. The second-order valence-electron chi connectivity index (χ2n) is 4.55. The van der Waals surface area contributed by atoms with E-state index in [0.29, 0.717) is 17.9 Å². The molecule has 0 aliphatic carbocycles. The molecule has 0 radical (unpaired) electrons. The lowest BCUT2D eigenvalue weighted by molar-refractivity contribution is 0.111. The molecule has 0 amide bonds. The Morgan fingerprint density at radius 2 is 2.11 bits per heavy atom. The van der Waals surface area contributed by atoms with Crippen LogP contribution < -0.4 is 4.74 Å². The molecule has 18 heavy (non-hydrogen) atoms. The molecule has 1 aliphatic heterocycles. The fourth-order valence-electron chi connectivity index (χ4n) is 2.22. The fraction of sp³-hybridized carbons (Fsp3) is 0.500. The lowest BCUT2D eigenvalue weighted by Gasteiger charge is -2.14. The van der Waals surface area contributed by atoms with Crippen molar-refractivity contribution in [3.8, 4) is 5.75 Å². The first-order valence-electron chi connectivity index (χ1n) is 6.39. The SMILES string of the molecule is O=Cc1cc(Br)ccc1OCCCN1CCCC1. The number of nitrogens with zero attached hydrogens (tertiary/aromatic N) is 1. The number of benzene rings is 1. The lowest BCUT2D eigenvalue weighted by Crippen LogP contribution is -2.22. The summed E-state index contributed by atoms with van der Waals surface area (Å²) in [6, 6.07) is 5.51. The fourth-order valence-corrected chi connectivity index (χ4v) is 2.60. The summed E-state index contributed by atoms with van der Waals surface area (Å²) < 4.78 is 6.56. The molecule has 0 spiro atoms. The van der Waals surface area contributed by atoms with Gasteiger partial charge in [0, 0.05) is 11.0 Å². The second-order valence-corrected chi connectivity index (χ2v) is 5.47. The molecule has 0 aromatic heterocycles. The van der Waals surface area contributed by atoms with Crippen LogP contribution in [-0.4, -0.2) is 37.4 Å². The Bertz CT molecular complexity index is 403. The largest absolute Gasteiger partial charge is 0.493 e. The van der Waals surface area contributed by atoms with Crippen molar-refractivity contribution in [1.82, 2.24) is 4.90 Å². The zero-order chi connectivity index (χ0) is 12.8. The van der Waals surface area contributed by atoms with Gasteiger partial charge in [-0.05, 0) is 50.6 Å². The van der Waals surface area contributed by atoms with Crippen molar-refractivity contribution >= 4 is 22.2 Å². The summed E-state index contributed by atoms with van der Waals surface area (Å²) >= 11 is 3.34. The van der Waals surface area contributed by atoms with Crippen LogP contribution in [0.25, 0.3) is 0 Å². The Labute approximate surface area is 116 Å². The molecule has 1 saturated heterocycles. The molecule has 1 aliphatic rings. The molecule has 1 heterocycles. The highest BCUT2D eigenvalue weighted by Gasteiger charge is 2.10. The van der Waals surface area contributed by atoms with E-state index in [1.165, 1.54) is 25.9 Å². The average Bonchev–Trinajstić information content (AvgIpc) is 2.89. The van der Waals surface area contributed by atoms with Gasteiger partial charge in [-0.25, -0.2) is 0 Å². The van der Waals surface area contributed by atoms with Crippen molar-refractivity contribution in [2.75, 3.05) is 26.2 Å². The summed E-state index contributed by atoms with van der Waals surface area (Å²) in [5, 5.41) is 0. The second kappa shape index (κ2) is 6.90. The molecular formula is C14H18BrNO2. The van der Waals surface area contributed by atoms with Crippen LogP contribution in [0.1, 0.15) is 29.6 Å². The Morgan fingerprint density at radius 1 is 1.33 bits per heavy atom. The molecule has 0 atom stereocenters. The van der Waals surface area contributed by atoms with Gasteiger partial charge in [-0.2, -0.15) is 0 Å². The van der Waals surface area contributed by atoms with Gasteiger partial charge < -0.3 is 9.64 Å². The lowest BCUT2D eigenvalue weighted by atomic mass is 10.2. The maximum absolute atomic E-state index is 10.9. The van der Waals surface area contributed by atoms with Gasteiger partial charge in [-0.1, -0.05) is 15.9 Å². The van der Waals surface area contributed by atoms with Gasteiger partial charge in [-0.15, -0.1) is 0 Å². The maximum atomic E-state index is 10.9. The molecular weight excluding hydrogens is 294 g/mol. The number of carbonyl (C=O) groups excluding carboxylic acids is 1. The topological polar surface area (TPSA) is 29.5 Å². The van der Waals surface area contributed by atoms with Crippen molar-refractivity contribution in [2.45, 2.75) is 19.3 Å². The number of halogens is 1. The van der Waals surface area contributed by atoms with Crippen LogP contribution in [0, 0.1) is 0 Å². The van der Waals surface area contributed by atoms with Crippen LogP contribution >= 0.6 is 15.9 Å². The van der Waals surface area contributed by atoms with E-state index in [4.69, 9.17) is 4.74 Å². The van der Waals surface area contributed by atoms with Crippen LogP contribution in [0.3, 0.4) is 0 Å². The summed E-state index contributed by atoms with van der Waals surface area (Å²) in [5.74, 6) is 0.676. The van der Waals surface area contributed by atoms with E-state index in [1.54, 1.807) is 6.07 Å². The van der Waals surface area contributed by atoms with Gasteiger partial charge >= 0.3 is 0 Å². The third-order valence-corrected chi connectivity index (χ3v) is 3.67. The minimum Gasteiger partial charge on any atom is -0.493 e. The summed E-state index contributed by atoms with van der Waals surface area (Å²) in [7, 11) is 0. The summed E-state index contributed by atoms with van der Waals surface area (Å²) in [6.45, 7) is 4.20. The van der Waals surface area contributed by atoms with Crippen LogP contribution in [0.15, 0.2) is 22.7 Å². The van der Waals surface area contributed by atoms with Crippen LogP contribution in [-0.2, 0) is 0 Å². The number of hydrogen-bond acceptors (Lipinski definition) is 3. The zero-order valence-electron chi connectivity index (χ0n) is 10.4. The van der Waals surface area contributed by atoms with Crippen LogP contribution in [0.4, 0.5) is 0 Å². The minimum absolute atomic E-state index is 0.602. The molecule has 1 aromatic carbocycles. The van der Waals surface area contributed by atoms with E-state index in [1.807, 2.05) is 12.1 Å². The molecule has 4 heteroatoms. The molecule has 0 unspecified atom stereocenters. The molecule has 0 bridgehead atoms. The first kappa shape index (κ1) is 13.6. The van der Waals surface area contributed by atoms with E-state index in [-0.39, 0.29) is 0 Å². The van der Waals surface area contributed by atoms with Gasteiger partial charge in [0.05, 0.1) is 12.2 Å². The van der Waals surface area contributed by atoms with Crippen molar-refractivity contribution in [2.24, 2.45) is 0 Å². The van der Waals surface area contributed by atoms with Crippen molar-refractivity contribution in [3.63, 3.8) is 0 Å². The van der Waals surface area contributed by atoms with Crippen molar-refractivity contribution in [1.29, 1.82) is 0 Å². The van der Waals surface area contributed by atoms with E-state index in [9.17, 15) is 4.79 Å². The van der Waals surface area contributed by atoms with Gasteiger partial charge in [0.15, 0.2) is 6.29 Å². The van der Waals surface area contributed by atoms with Gasteiger partial charge in [0.25, 0.3) is 0 Å². The maximum Gasteiger partial charge on any atom is 0.153 e. The zero-order valence-corrected chi connectivity index (χ0v) is 12.0. The van der Waals surface area contributed by atoms with Gasteiger partial charge in [0.2, 0.25) is 0 Å². The molecule has 98 valence electrons. The average molecular weight is 312 g/mol. The van der Waals surface area contributed by atoms with Crippen LogP contribution in [0.5, 0.6) is 5.75 Å². The normalized spacial score (nSPS) is 15.8. The molecule has 1 fully saturated rings. The number of hydrogen-bond donors (Lipinski definition) is 0. The van der Waals surface area contributed by atoms with E-state index >= 15 is 0 Å². The smallest absolute Gasteiger partial charge is 0.153 e. The van der Waals surface area contributed by atoms with Gasteiger partial charge in [0.1, 0.15) is 5.75 Å². The monoisotopic (exact) mass is 311 g/mol. The molecule has 2 rings (SSSR count). The number of carbonyl (C=O) groups is 1. The predicted molar refractivity (Wildman–Crippen MR) is 75.3 cm³/mol. The van der Waals surface area contributed by atoms with Gasteiger partial charge in [-0.3, -0.25) is 4.79 Å². The number of aldehydes is 1. The molecule has 0 N–H and O–H groups in total. The first-order chi connectivity index (χ1) is 8.79.